The van der Waals surface area contributed by atoms with E-state index < -0.39 is 0 Å². The van der Waals surface area contributed by atoms with Crippen molar-refractivity contribution in [2.24, 2.45) is 17.8 Å². The zero-order valence-corrected chi connectivity index (χ0v) is 7.42. The van der Waals surface area contributed by atoms with E-state index in [1.807, 2.05) is 0 Å². The van der Waals surface area contributed by atoms with Crippen molar-refractivity contribution in [1.29, 1.82) is 5.26 Å². The molecule has 2 rings (SSSR count). The van der Waals surface area contributed by atoms with Crippen molar-refractivity contribution in [3.63, 3.8) is 0 Å². The van der Waals surface area contributed by atoms with Gasteiger partial charge in [0.25, 0.3) is 0 Å². The van der Waals surface area contributed by atoms with E-state index in [0.717, 1.165) is 18.3 Å². The Morgan fingerprint density at radius 3 is 2.92 bits per heavy atom. The molecule has 1 N–H and O–H groups in total. The van der Waals surface area contributed by atoms with Gasteiger partial charge in [-0.15, -0.1) is 0 Å². The maximum absolute atomic E-state index is 8.82. The van der Waals surface area contributed by atoms with E-state index in [1.165, 1.54) is 32.4 Å². The molecule has 2 nitrogen and oxygen atoms in total. The molecule has 0 spiro atoms. The van der Waals surface area contributed by atoms with E-state index in [9.17, 15) is 0 Å². The summed E-state index contributed by atoms with van der Waals surface area (Å²) in [5, 5.41) is 12.2. The van der Waals surface area contributed by atoms with Crippen LogP contribution >= 0.6 is 0 Å². The molecule has 66 valence electrons. The fourth-order valence-corrected chi connectivity index (χ4v) is 2.64. The summed E-state index contributed by atoms with van der Waals surface area (Å²) in [5.41, 5.74) is 0. The van der Waals surface area contributed by atoms with Gasteiger partial charge in [-0.3, -0.25) is 0 Å². The Bertz CT molecular complexity index is 195. The maximum Gasteiger partial charge on any atom is 0.0655 e. The van der Waals surface area contributed by atoms with Crippen molar-refractivity contribution in [2.75, 3.05) is 13.1 Å². The van der Waals surface area contributed by atoms with E-state index in [2.05, 4.69) is 11.4 Å². The number of piperidine rings is 1. The number of nitriles is 1. The lowest BCUT2D eigenvalue weighted by Crippen LogP contribution is -2.39. The highest BCUT2D eigenvalue weighted by Crippen LogP contribution is 2.36. The second-order valence-corrected chi connectivity index (χ2v) is 4.15. The van der Waals surface area contributed by atoms with Crippen LogP contribution in [0.1, 0.15) is 25.7 Å². The van der Waals surface area contributed by atoms with Crippen LogP contribution in [0.2, 0.25) is 0 Å². The lowest BCUT2D eigenvalue weighted by molar-refractivity contribution is 0.162. The zero-order valence-electron chi connectivity index (χ0n) is 7.42. The normalized spacial score (nSPS) is 41.4. The summed E-state index contributed by atoms with van der Waals surface area (Å²) in [6, 6.07) is 2.42. The van der Waals surface area contributed by atoms with E-state index in [0.29, 0.717) is 5.92 Å². The fraction of sp³-hybridized carbons (Fsp3) is 0.900. The SMILES string of the molecule is N#CC1CCC2CNCCC2C1. The lowest BCUT2D eigenvalue weighted by Gasteiger charge is -2.37. The molecule has 12 heavy (non-hydrogen) atoms. The Morgan fingerprint density at radius 2 is 2.08 bits per heavy atom. The van der Waals surface area contributed by atoms with Gasteiger partial charge in [0.2, 0.25) is 0 Å². The van der Waals surface area contributed by atoms with Crippen molar-refractivity contribution in [3.8, 4) is 6.07 Å². The third kappa shape index (κ3) is 1.47. The smallest absolute Gasteiger partial charge is 0.0655 e. The second-order valence-electron chi connectivity index (χ2n) is 4.15. The molecule has 1 aliphatic heterocycles. The van der Waals surface area contributed by atoms with Gasteiger partial charge in [0.1, 0.15) is 0 Å². The summed E-state index contributed by atoms with van der Waals surface area (Å²) in [4.78, 5) is 0. The number of fused-ring (bicyclic) bond motifs is 1. The molecule has 2 fully saturated rings. The Labute approximate surface area is 74.0 Å². The summed E-state index contributed by atoms with van der Waals surface area (Å²) in [6.07, 6.45) is 4.88. The first-order valence-corrected chi connectivity index (χ1v) is 5.00. The molecular formula is C10H16N2. The van der Waals surface area contributed by atoms with Crippen molar-refractivity contribution in [1.82, 2.24) is 5.32 Å². The van der Waals surface area contributed by atoms with Crippen LogP contribution in [-0.4, -0.2) is 13.1 Å². The molecule has 0 amide bonds. The first-order chi connectivity index (χ1) is 5.90. The van der Waals surface area contributed by atoms with E-state index in [-0.39, 0.29) is 0 Å². The number of hydrogen-bond donors (Lipinski definition) is 1. The quantitative estimate of drug-likeness (QED) is 0.589. The third-order valence-corrected chi connectivity index (χ3v) is 3.42. The van der Waals surface area contributed by atoms with E-state index in [4.69, 9.17) is 5.26 Å². The minimum Gasteiger partial charge on any atom is -0.316 e. The first kappa shape index (κ1) is 8.07. The highest BCUT2D eigenvalue weighted by atomic mass is 14.9. The molecule has 0 aromatic heterocycles. The van der Waals surface area contributed by atoms with Crippen molar-refractivity contribution in [2.45, 2.75) is 25.7 Å². The van der Waals surface area contributed by atoms with Crippen molar-refractivity contribution >= 4 is 0 Å². The van der Waals surface area contributed by atoms with E-state index in [1.54, 1.807) is 0 Å². The number of nitrogens with one attached hydrogen (secondary N) is 1. The molecule has 1 saturated carbocycles. The van der Waals surface area contributed by atoms with Crippen molar-refractivity contribution in [3.05, 3.63) is 0 Å². The molecule has 3 unspecified atom stereocenters. The molecule has 0 bridgehead atoms. The molecule has 1 heterocycles. The molecule has 3 atom stereocenters. The van der Waals surface area contributed by atoms with Crippen LogP contribution in [0, 0.1) is 29.1 Å². The van der Waals surface area contributed by atoms with Crippen molar-refractivity contribution < 1.29 is 0 Å². The predicted octanol–water partition coefficient (Wildman–Crippen LogP) is 1.54. The van der Waals surface area contributed by atoms with Crippen LogP contribution < -0.4 is 5.32 Å². The van der Waals surface area contributed by atoms with Crippen LogP contribution in [0.25, 0.3) is 0 Å². The highest BCUT2D eigenvalue weighted by Gasteiger charge is 2.31. The lowest BCUT2D eigenvalue weighted by atomic mass is 9.72. The fourth-order valence-electron chi connectivity index (χ4n) is 2.64. The molecule has 1 saturated heterocycles. The Morgan fingerprint density at radius 1 is 1.17 bits per heavy atom. The minimum atomic E-state index is 0.365. The Hall–Kier alpha value is -0.550. The monoisotopic (exact) mass is 164 g/mol. The van der Waals surface area contributed by atoms with Crippen LogP contribution in [0.4, 0.5) is 0 Å². The molecule has 2 aliphatic rings. The van der Waals surface area contributed by atoms with E-state index >= 15 is 0 Å². The third-order valence-electron chi connectivity index (χ3n) is 3.42. The van der Waals surface area contributed by atoms with Crippen LogP contribution in [0.5, 0.6) is 0 Å². The van der Waals surface area contributed by atoms with Gasteiger partial charge in [-0.05, 0) is 50.6 Å². The summed E-state index contributed by atoms with van der Waals surface area (Å²) < 4.78 is 0. The van der Waals surface area contributed by atoms with Gasteiger partial charge in [-0.25, -0.2) is 0 Å². The van der Waals surface area contributed by atoms with Gasteiger partial charge in [-0.2, -0.15) is 5.26 Å². The summed E-state index contributed by atoms with van der Waals surface area (Å²) in [6.45, 7) is 2.36. The molecular weight excluding hydrogens is 148 g/mol. The zero-order chi connectivity index (χ0) is 8.39. The molecule has 2 heteroatoms. The topological polar surface area (TPSA) is 35.8 Å². The van der Waals surface area contributed by atoms with Gasteiger partial charge in [0, 0.05) is 5.92 Å². The second kappa shape index (κ2) is 3.45. The first-order valence-electron chi connectivity index (χ1n) is 5.00. The summed E-state index contributed by atoms with van der Waals surface area (Å²) >= 11 is 0. The van der Waals surface area contributed by atoms with Gasteiger partial charge in [0.05, 0.1) is 6.07 Å². The minimum absolute atomic E-state index is 0.365. The molecule has 0 radical (unpaired) electrons. The number of nitrogens with zero attached hydrogens (tertiary/aromatic N) is 1. The van der Waals surface area contributed by atoms with Gasteiger partial charge in [0.15, 0.2) is 0 Å². The molecule has 0 aromatic rings. The molecule has 1 aliphatic carbocycles. The summed E-state index contributed by atoms with van der Waals surface area (Å²) in [7, 11) is 0. The number of rotatable bonds is 0. The molecule has 0 aromatic carbocycles. The maximum atomic E-state index is 8.82. The van der Waals surface area contributed by atoms with Crippen LogP contribution in [-0.2, 0) is 0 Å². The highest BCUT2D eigenvalue weighted by molar-refractivity contribution is 4.92. The average Bonchev–Trinajstić information content (AvgIpc) is 2.17. The van der Waals surface area contributed by atoms with Crippen LogP contribution in [0.3, 0.4) is 0 Å². The van der Waals surface area contributed by atoms with Gasteiger partial charge >= 0.3 is 0 Å². The van der Waals surface area contributed by atoms with Gasteiger partial charge < -0.3 is 5.32 Å². The largest absolute Gasteiger partial charge is 0.316 e. The summed E-state index contributed by atoms with van der Waals surface area (Å²) in [5.74, 6) is 2.09. The average molecular weight is 164 g/mol. The van der Waals surface area contributed by atoms with Gasteiger partial charge in [-0.1, -0.05) is 0 Å². The standard InChI is InChI=1S/C10H16N2/c11-6-8-1-2-10-7-12-4-3-9(10)5-8/h8-10,12H,1-5,7H2. The number of hydrogen-bond acceptors (Lipinski definition) is 2. The predicted molar refractivity (Wildman–Crippen MR) is 47.4 cm³/mol. The Balaban J connectivity index is 1.95. The Kier molecular flexibility index (Phi) is 2.32. The van der Waals surface area contributed by atoms with Crippen LogP contribution in [0.15, 0.2) is 0 Å².